The Morgan fingerprint density at radius 2 is 2.33 bits per heavy atom. The highest BCUT2D eigenvalue weighted by Gasteiger charge is 2.02. The van der Waals surface area contributed by atoms with Crippen molar-refractivity contribution in [1.29, 1.82) is 0 Å². The Morgan fingerprint density at radius 1 is 1.50 bits per heavy atom. The van der Waals surface area contributed by atoms with Gasteiger partial charge in [-0.25, -0.2) is 4.98 Å². The lowest BCUT2D eigenvalue weighted by atomic mass is 10.4. The van der Waals surface area contributed by atoms with E-state index in [1.54, 1.807) is 4.40 Å². The van der Waals surface area contributed by atoms with Gasteiger partial charge in [-0.1, -0.05) is 0 Å². The van der Waals surface area contributed by atoms with E-state index in [-0.39, 0.29) is 0 Å². The molecule has 2 aromatic rings. The summed E-state index contributed by atoms with van der Waals surface area (Å²) in [5.41, 5.74) is 6.38. The summed E-state index contributed by atoms with van der Waals surface area (Å²) in [7, 11) is 0. The number of aryl methyl sites for hydroxylation is 1. The fourth-order valence-electron chi connectivity index (χ4n) is 1.06. The fourth-order valence-corrected chi connectivity index (χ4v) is 1.06. The van der Waals surface area contributed by atoms with Gasteiger partial charge in [-0.15, -0.1) is 10.2 Å². The van der Waals surface area contributed by atoms with Gasteiger partial charge in [0.15, 0.2) is 5.82 Å². The summed E-state index contributed by atoms with van der Waals surface area (Å²) >= 11 is 0. The van der Waals surface area contributed by atoms with E-state index in [4.69, 9.17) is 5.73 Å². The number of rotatable bonds is 1. The van der Waals surface area contributed by atoms with Crippen LogP contribution in [0.4, 0.5) is 0 Å². The van der Waals surface area contributed by atoms with Gasteiger partial charge in [0.05, 0.1) is 6.54 Å². The highest BCUT2D eigenvalue weighted by atomic mass is 15.3. The first-order chi connectivity index (χ1) is 5.81. The molecule has 0 aliphatic rings. The first-order valence-electron chi connectivity index (χ1n) is 3.68. The summed E-state index contributed by atoms with van der Waals surface area (Å²) in [5.74, 6) is 1.34. The number of hydrogen-bond donors (Lipinski definition) is 1. The molecular weight excluding hydrogens is 154 g/mol. The van der Waals surface area contributed by atoms with Crippen molar-refractivity contribution in [3.05, 3.63) is 23.8 Å². The quantitative estimate of drug-likeness (QED) is 0.637. The molecule has 2 rings (SSSR count). The van der Waals surface area contributed by atoms with Crippen LogP contribution >= 0.6 is 0 Å². The fraction of sp³-hybridized carbons (Fsp3) is 0.286. The summed E-state index contributed by atoms with van der Waals surface area (Å²) in [6.45, 7) is 2.29. The van der Waals surface area contributed by atoms with Crippen LogP contribution in [0.25, 0.3) is 5.78 Å². The Morgan fingerprint density at radius 3 is 3.08 bits per heavy atom. The van der Waals surface area contributed by atoms with Gasteiger partial charge in [-0.2, -0.15) is 0 Å². The Kier molecular flexibility index (Phi) is 1.51. The SMILES string of the molecule is Cc1ccn2c(CN)nnc2n1. The van der Waals surface area contributed by atoms with Gasteiger partial charge in [0.1, 0.15) is 0 Å². The van der Waals surface area contributed by atoms with Crippen LogP contribution in [0, 0.1) is 6.92 Å². The van der Waals surface area contributed by atoms with Crippen molar-refractivity contribution >= 4 is 5.78 Å². The van der Waals surface area contributed by atoms with Crippen LogP contribution in [0.1, 0.15) is 11.5 Å². The molecule has 2 aromatic heterocycles. The Bertz CT molecular complexity index is 405. The number of fused-ring (bicyclic) bond motifs is 1. The standard InChI is InChI=1S/C7H9N5/c1-5-2-3-12-6(4-8)10-11-7(12)9-5/h2-3H,4,8H2,1H3. The van der Waals surface area contributed by atoms with Crippen molar-refractivity contribution in [3.8, 4) is 0 Å². The molecule has 0 aliphatic carbocycles. The number of aromatic nitrogens is 4. The van der Waals surface area contributed by atoms with E-state index >= 15 is 0 Å². The number of nitrogens with zero attached hydrogens (tertiary/aromatic N) is 4. The zero-order valence-electron chi connectivity index (χ0n) is 6.73. The predicted octanol–water partition coefficient (Wildman–Crippen LogP) is -0.109. The normalized spacial score (nSPS) is 10.8. The van der Waals surface area contributed by atoms with Gasteiger partial charge in [0, 0.05) is 11.9 Å². The second-order valence-electron chi connectivity index (χ2n) is 2.56. The third-order valence-corrected chi connectivity index (χ3v) is 1.67. The molecule has 0 radical (unpaired) electrons. The number of hydrogen-bond acceptors (Lipinski definition) is 4. The molecule has 5 heteroatoms. The van der Waals surface area contributed by atoms with E-state index in [1.807, 2.05) is 19.2 Å². The molecule has 2 heterocycles. The van der Waals surface area contributed by atoms with Gasteiger partial charge in [0.25, 0.3) is 5.78 Å². The molecule has 0 amide bonds. The summed E-state index contributed by atoms with van der Waals surface area (Å²) in [6, 6.07) is 1.90. The first kappa shape index (κ1) is 7.17. The molecule has 0 fully saturated rings. The van der Waals surface area contributed by atoms with Crippen molar-refractivity contribution in [2.75, 3.05) is 0 Å². The molecule has 12 heavy (non-hydrogen) atoms. The minimum absolute atomic E-state index is 0.381. The van der Waals surface area contributed by atoms with E-state index in [2.05, 4.69) is 15.2 Å². The van der Waals surface area contributed by atoms with Crippen molar-refractivity contribution in [2.45, 2.75) is 13.5 Å². The molecule has 62 valence electrons. The van der Waals surface area contributed by atoms with Crippen molar-refractivity contribution in [3.63, 3.8) is 0 Å². The van der Waals surface area contributed by atoms with Crippen LogP contribution in [-0.2, 0) is 6.54 Å². The maximum absolute atomic E-state index is 5.45. The number of nitrogens with two attached hydrogens (primary N) is 1. The average Bonchev–Trinajstić information content (AvgIpc) is 2.46. The van der Waals surface area contributed by atoms with E-state index in [0.29, 0.717) is 12.3 Å². The molecular formula is C7H9N5. The molecule has 0 aliphatic heterocycles. The van der Waals surface area contributed by atoms with Crippen LogP contribution < -0.4 is 5.73 Å². The minimum Gasteiger partial charge on any atom is -0.324 e. The largest absolute Gasteiger partial charge is 0.324 e. The van der Waals surface area contributed by atoms with Crippen LogP contribution in [0.15, 0.2) is 12.3 Å². The maximum Gasteiger partial charge on any atom is 0.255 e. The van der Waals surface area contributed by atoms with Crippen LogP contribution in [-0.4, -0.2) is 19.6 Å². The molecule has 5 nitrogen and oxygen atoms in total. The summed E-state index contributed by atoms with van der Waals surface area (Å²) in [4.78, 5) is 4.18. The second-order valence-corrected chi connectivity index (χ2v) is 2.56. The summed E-state index contributed by atoms with van der Waals surface area (Å²) < 4.78 is 1.78. The zero-order chi connectivity index (χ0) is 8.55. The Labute approximate surface area is 69.2 Å². The van der Waals surface area contributed by atoms with Crippen LogP contribution in [0.3, 0.4) is 0 Å². The van der Waals surface area contributed by atoms with Gasteiger partial charge in [0.2, 0.25) is 0 Å². The molecule has 0 spiro atoms. The molecule has 2 N–H and O–H groups in total. The highest BCUT2D eigenvalue weighted by molar-refractivity contribution is 5.28. The lowest BCUT2D eigenvalue weighted by Crippen LogP contribution is -2.02. The lowest BCUT2D eigenvalue weighted by molar-refractivity contribution is 0.880. The van der Waals surface area contributed by atoms with E-state index in [1.165, 1.54) is 0 Å². The van der Waals surface area contributed by atoms with Crippen LogP contribution in [0.2, 0.25) is 0 Å². The Hall–Kier alpha value is -1.49. The van der Waals surface area contributed by atoms with Gasteiger partial charge in [-0.3, -0.25) is 4.40 Å². The van der Waals surface area contributed by atoms with E-state index in [0.717, 1.165) is 11.5 Å². The van der Waals surface area contributed by atoms with Gasteiger partial charge in [-0.05, 0) is 13.0 Å². The molecule has 0 unspecified atom stereocenters. The second kappa shape index (κ2) is 2.53. The average molecular weight is 163 g/mol. The minimum atomic E-state index is 0.381. The molecule has 0 aromatic carbocycles. The molecule has 0 atom stereocenters. The van der Waals surface area contributed by atoms with E-state index < -0.39 is 0 Å². The van der Waals surface area contributed by atoms with Crippen molar-refractivity contribution in [2.24, 2.45) is 5.73 Å². The van der Waals surface area contributed by atoms with Gasteiger partial charge >= 0.3 is 0 Å². The summed E-state index contributed by atoms with van der Waals surface area (Å²) in [6.07, 6.45) is 1.87. The monoisotopic (exact) mass is 163 g/mol. The third kappa shape index (κ3) is 0.947. The zero-order valence-corrected chi connectivity index (χ0v) is 6.73. The molecule has 0 saturated carbocycles. The molecule has 0 saturated heterocycles. The third-order valence-electron chi connectivity index (χ3n) is 1.67. The smallest absolute Gasteiger partial charge is 0.255 e. The Balaban J connectivity index is 2.73. The topological polar surface area (TPSA) is 69.1 Å². The van der Waals surface area contributed by atoms with E-state index in [9.17, 15) is 0 Å². The molecule has 0 bridgehead atoms. The van der Waals surface area contributed by atoms with Crippen LogP contribution in [0.5, 0.6) is 0 Å². The van der Waals surface area contributed by atoms with Crippen molar-refractivity contribution in [1.82, 2.24) is 19.6 Å². The highest BCUT2D eigenvalue weighted by Crippen LogP contribution is 2.00. The lowest BCUT2D eigenvalue weighted by Gasteiger charge is -1.95. The van der Waals surface area contributed by atoms with Gasteiger partial charge < -0.3 is 5.73 Å². The predicted molar refractivity (Wildman–Crippen MR) is 43.4 cm³/mol. The maximum atomic E-state index is 5.45. The first-order valence-corrected chi connectivity index (χ1v) is 3.68. The summed E-state index contributed by atoms with van der Waals surface area (Å²) in [5, 5.41) is 7.75. The van der Waals surface area contributed by atoms with Crippen molar-refractivity contribution < 1.29 is 0 Å².